The van der Waals surface area contributed by atoms with E-state index in [0.29, 0.717) is 65.2 Å². The molecule has 14 nitrogen and oxygen atoms in total. The number of nitrogens with zero attached hydrogens (tertiary/aromatic N) is 6. The molecule has 10 rings (SSSR count). The van der Waals surface area contributed by atoms with Crippen molar-refractivity contribution in [3.8, 4) is 22.5 Å². The van der Waals surface area contributed by atoms with Crippen molar-refractivity contribution in [3.05, 3.63) is 161 Å². The van der Waals surface area contributed by atoms with Crippen molar-refractivity contribution < 1.29 is 40.3 Å². The van der Waals surface area contributed by atoms with Crippen LogP contribution >= 0.6 is 11.6 Å². The first-order valence-corrected chi connectivity index (χ1v) is 23.5. The van der Waals surface area contributed by atoms with Crippen molar-refractivity contribution in [1.82, 2.24) is 50.5 Å². The number of imidazole rings is 2. The summed E-state index contributed by atoms with van der Waals surface area (Å²) in [6, 6.07) is 22.6. The molecule has 0 saturated carbocycles. The first kappa shape index (κ1) is 54.4. The maximum absolute atomic E-state index is 13.6. The molecular formula is C52H52Cl2F2MgN10O4. The van der Waals surface area contributed by atoms with Crippen LogP contribution in [0, 0.1) is 18.1 Å². The molecule has 364 valence electrons. The molecule has 2 aliphatic rings. The van der Waals surface area contributed by atoms with Crippen molar-refractivity contribution >= 4 is 68.5 Å². The van der Waals surface area contributed by atoms with Gasteiger partial charge in [0.1, 0.15) is 29.0 Å². The molecule has 0 bridgehead atoms. The van der Waals surface area contributed by atoms with Crippen molar-refractivity contribution in [2.45, 2.75) is 57.3 Å². The summed E-state index contributed by atoms with van der Waals surface area (Å²) in [4.78, 5) is 58.4. The fourth-order valence-electron chi connectivity index (χ4n) is 7.82. The summed E-state index contributed by atoms with van der Waals surface area (Å²) in [5.74, 6) is 1.05. The van der Waals surface area contributed by atoms with Crippen LogP contribution in [0.25, 0.3) is 44.6 Å². The molecule has 8 aromatic rings. The number of aryl methyl sites for hydroxylation is 2. The third kappa shape index (κ3) is 15.5. The van der Waals surface area contributed by atoms with Crippen molar-refractivity contribution in [3.63, 3.8) is 0 Å². The van der Waals surface area contributed by atoms with E-state index >= 15 is 0 Å². The molecular weight excluding hydrogens is 962 g/mol. The van der Waals surface area contributed by atoms with Gasteiger partial charge in [0, 0.05) is 105 Å². The number of ether oxygens (including phenoxy) is 2. The molecule has 4 aromatic carbocycles. The first-order valence-electron chi connectivity index (χ1n) is 23.1. The van der Waals surface area contributed by atoms with Gasteiger partial charge >= 0.3 is 23.1 Å². The molecule has 0 radical (unpaired) electrons. The quantitative estimate of drug-likeness (QED) is 0.0588. The number of amides is 2. The van der Waals surface area contributed by atoms with Crippen LogP contribution in [-0.2, 0) is 22.3 Å². The van der Waals surface area contributed by atoms with Crippen LogP contribution in [-0.4, -0.2) is 114 Å². The van der Waals surface area contributed by atoms with Gasteiger partial charge in [0.25, 0.3) is 11.8 Å². The van der Waals surface area contributed by atoms with Crippen LogP contribution in [0.1, 0.15) is 82.5 Å². The maximum Gasteiger partial charge on any atom is 2.00 e. The van der Waals surface area contributed by atoms with Crippen LogP contribution in [0.4, 0.5) is 8.78 Å². The van der Waals surface area contributed by atoms with Crippen LogP contribution in [0.3, 0.4) is 0 Å². The van der Waals surface area contributed by atoms with Crippen LogP contribution in [0.5, 0.6) is 0 Å². The third-order valence-corrected chi connectivity index (χ3v) is 11.7. The summed E-state index contributed by atoms with van der Waals surface area (Å²) >= 11 is 6.25. The second kappa shape index (κ2) is 27.6. The van der Waals surface area contributed by atoms with E-state index in [2.05, 4.69) is 47.0 Å². The fourth-order valence-corrected chi connectivity index (χ4v) is 8.06. The summed E-state index contributed by atoms with van der Waals surface area (Å²) in [6.07, 6.45) is 16.4. The minimum absolute atomic E-state index is 0. The van der Waals surface area contributed by atoms with E-state index in [4.69, 9.17) is 31.0 Å². The zero-order valence-corrected chi connectivity index (χ0v) is 41.9. The fraction of sp³-hybridized carbons (Fsp3) is 0.288. The topological polar surface area (TPSA) is 186 Å². The number of benzene rings is 4. The molecule has 2 amide bonds. The minimum atomic E-state index is -0.343. The number of hydrogen-bond donors (Lipinski definition) is 4. The number of hydrogen-bond acceptors (Lipinski definition) is 10. The average Bonchev–Trinajstić information content (AvgIpc) is 4.13. The van der Waals surface area contributed by atoms with Gasteiger partial charge in [-0.1, -0.05) is 11.6 Å². The van der Waals surface area contributed by atoms with Crippen molar-refractivity contribution in [2.24, 2.45) is 0 Å². The summed E-state index contributed by atoms with van der Waals surface area (Å²) in [5.41, 5.74) is 7.04. The number of carbonyl (C=O) groups is 2. The van der Waals surface area contributed by atoms with Gasteiger partial charge in [0.05, 0.1) is 33.5 Å². The van der Waals surface area contributed by atoms with Crippen LogP contribution in [0.2, 0.25) is 5.15 Å². The molecule has 0 spiro atoms. The van der Waals surface area contributed by atoms with Gasteiger partial charge in [0.15, 0.2) is 5.15 Å². The van der Waals surface area contributed by atoms with E-state index in [1.165, 1.54) is 24.3 Å². The Hall–Kier alpha value is -5.95. The van der Waals surface area contributed by atoms with E-state index in [-0.39, 0.29) is 70.0 Å². The summed E-state index contributed by atoms with van der Waals surface area (Å²) in [7, 11) is 0. The Labute approximate surface area is 437 Å². The molecule has 71 heavy (non-hydrogen) atoms. The first-order chi connectivity index (χ1) is 33.8. The molecule has 4 aromatic heterocycles. The number of H-pyrrole nitrogens is 2. The number of carbonyl (C=O) groups excluding carboxylic acids is 2. The Bertz CT molecular complexity index is 2910. The predicted molar refractivity (Wildman–Crippen MR) is 266 cm³/mol. The van der Waals surface area contributed by atoms with Gasteiger partial charge in [-0.15, -0.1) is 0 Å². The normalized spacial score (nSPS) is 13.4. The van der Waals surface area contributed by atoms with Gasteiger partial charge in [-0.25, -0.2) is 38.7 Å². The number of halogens is 4. The maximum atomic E-state index is 13.6. The SMILES string of the molecule is O=C(NCCCc1ncc[nH]1)c1ccc2nc(C3CCOCC3)c(-c3ccc(F)cc3)nc2c1.O=C(NCCCc1ncc[nH]1)c1ccc2nc(Cl)c(-c3ccc(F)cc3)nc2c1.[CH-]1CCOCC1.[Cl-].[Mg+2]. The number of aromatic amines is 2. The predicted octanol–water partition coefficient (Wildman–Crippen LogP) is 6.21. The molecule has 2 fully saturated rings. The molecule has 0 aliphatic carbocycles. The zero-order chi connectivity index (χ0) is 47.8. The molecule has 19 heteroatoms. The monoisotopic (exact) mass is 1010 g/mol. The molecule has 2 aliphatic heterocycles. The molecule has 6 heterocycles. The van der Waals surface area contributed by atoms with Gasteiger partial charge in [0.2, 0.25) is 0 Å². The van der Waals surface area contributed by atoms with Crippen molar-refractivity contribution in [2.75, 3.05) is 39.5 Å². The third-order valence-electron chi connectivity index (χ3n) is 11.5. The van der Waals surface area contributed by atoms with E-state index in [1.807, 2.05) is 6.07 Å². The van der Waals surface area contributed by atoms with E-state index in [1.54, 1.807) is 79.4 Å². The number of fused-ring (bicyclic) bond motifs is 2. The molecule has 4 N–H and O–H groups in total. The Kier molecular flexibility index (Phi) is 21.1. The van der Waals surface area contributed by atoms with Gasteiger partial charge in [-0.2, -0.15) is 12.8 Å². The standard InChI is InChI=1S/C26H26FN5O2.C21H17ClFN5O.C5H9O.ClH.Mg/c27-20-6-3-17(4-7-20)24-25(18-9-14-34-15-10-18)31-21-8-5-19(16-22(21)32-24)26(33)30-11-1-2-23-28-12-13-29-23;22-20-19(13-3-6-15(23)7-4-13)27-17-12-14(5-8-16(17)28-20)21(29)26-9-1-2-18-24-10-11-25-18;1-2-4-6-5-3-1;;/h3-8,12-13,16,18H,1-2,9-11,14-15H2,(H,28,29)(H,30,33);3-8,10-12H,1-2,9H2,(H,24,25)(H,26,29);1H,2-5H2;1H;/q;;-1;;+2/p-1. The van der Waals surface area contributed by atoms with Crippen molar-refractivity contribution in [1.29, 1.82) is 0 Å². The molecule has 0 unspecified atom stereocenters. The smallest absolute Gasteiger partial charge is 1.00 e. The number of aromatic nitrogens is 8. The second-order valence-electron chi connectivity index (χ2n) is 16.4. The Morgan fingerprint density at radius 2 is 1.11 bits per heavy atom. The Morgan fingerprint density at radius 3 is 1.58 bits per heavy atom. The largest absolute Gasteiger partial charge is 2.00 e. The Morgan fingerprint density at radius 1 is 0.634 bits per heavy atom. The minimum Gasteiger partial charge on any atom is -1.00 e. The van der Waals surface area contributed by atoms with Gasteiger partial charge in [-0.05, 0) is 111 Å². The van der Waals surface area contributed by atoms with E-state index < -0.39 is 0 Å². The summed E-state index contributed by atoms with van der Waals surface area (Å²) in [6.45, 7) is 4.34. The molecule has 0 atom stereocenters. The van der Waals surface area contributed by atoms with Crippen LogP contribution < -0.4 is 23.0 Å². The second-order valence-corrected chi connectivity index (χ2v) is 16.8. The summed E-state index contributed by atoms with van der Waals surface area (Å²) in [5, 5.41) is 6.07. The number of rotatable bonds is 13. The zero-order valence-electron chi connectivity index (χ0n) is 39.0. The Balaban J connectivity index is 0.000000204. The average molecular weight is 1010 g/mol. The van der Waals surface area contributed by atoms with E-state index in [9.17, 15) is 18.4 Å². The number of nitrogens with one attached hydrogen (secondary N) is 4. The summed E-state index contributed by atoms with van der Waals surface area (Å²) < 4.78 is 37.3. The van der Waals surface area contributed by atoms with E-state index in [0.717, 1.165) is 98.7 Å². The van der Waals surface area contributed by atoms with Crippen LogP contribution in [0.15, 0.2) is 110 Å². The van der Waals surface area contributed by atoms with Gasteiger partial charge < -0.3 is 48.9 Å². The van der Waals surface area contributed by atoms with Gasteiger partial charge in [-0.3, -0.25) is 9.59 Å². The molecule has 2 saturated heterocycles.